The van der Waals surface area contributed by atoms with Crippen molar-refractivity contribution in [3.8, 4) is 0 Å². The molecule has 0 aromatic heterocycles. The van der Waals surface area contributed by atoms with Gasteiger partial charge in [-0.1, -0.05) is 56.3 Å². The van der Waals surface area contributed by atoms with Crippen LogP contribution in [0.2, 0.25) is 0 Å². The summed E-state index contributed by atoms with van der Waals surface area (Å²) < 4.78 is 5.40. The van der Waals surface area contributed by atoms with Crippen LogP contribution >= 0.6 is 0 Å². The highest BCUT2D eigenvalue weighted by molar-refractivity contribution is 5.85. The molecule has 4 heteroatoms. The lowest BCUT2D eigenvalue weighted by Gasteiger charge is -2.13. The highest BCUT2D eigenvalue weighted by Gasteiger charge is 2.43. The highest BCUT2D eigenvalue weighted by Crippen LogP contribution is 2.48. The number of fused-ring (bicyclic) bond motifs is 1. The van der Waals surface area contributed by atoms with Gasteiger partial charge in [0, 0.05) is 19.1 Å². The Balaban J connectivity index is 1.46. The lowest BCUT2D eigenvalue weighted by molar-refractivity contribution is -0.123. The molecule has 0 bridgehead atoms. The molecule has 3 rings (SSSR count). The Kier molecular flexibility index (Phi) is 5.71. The van der Waals surface area contributed by atoms with Gasteiger partial charge in [0.05, 0.1) is 12.7 Å². The number of aliphatic hydroxyl groups is 1. The molecule has 134 valence electrons. The molecule has 4 nitrogen and oxygen atoms in total. The Hall–Kier alpha value is -1.91. The topological polar surface area (TPSA) is 58.6 Å². The molecular weight excluding hydrogens is 314 g/mol. The van der Waals surface area contributed by atoms with Crippen LogP contribution in [-0.2, 0) is 9.53 Å². The summed E-state index contributed by atoms with van der Waals surface area (Å²) in [4.78, 5) is 12.3. The number of hydrogen-bond donors (Lipinski definition) is 2. The summed E-state index contributed by atoms with van der Waals surface area (Å²) in [6, 6.07) is 14.7. The standard InChI is InChI=1S/C21H27NO3/c1-14(2)12-25-13-18(23)11-22-21(24)20-10-19(20)17-8-7-15-5-3-4-6-16(15)9-17/h3-9,14,18-20,23H,10-13H2,1-2H3,(H,22,24). The SMILES string of the molecule is CC(C)COCC(O)CNC(=O)C1CC1c1ccc2ccccc2c1. The second-order valence-electron chi connectivity index (χ2n) is 7.39. The predicted octanol–water partition coefficient (Wildman–Crippen LogP) is 3.09. The van der Waals surface area contributed by atoms with Crippen LogP contribution in [0.1, 0.15) is 31.7 Å². The molecule has 1 aliphatic carbocycles. The lowest BCUT2D eigenvalue weighted by atomic mass is 10.0. The van der Waals surface area contributed by atoms with Gasteiger partial charge in [0.2, 0.25) is 5.91 Å². The van der Waals surface area contributed by atoms with Crippen molar-refractivity contribution in [2.45, 2.75) is 32.3 Å². The molecule has 2 aromatic rings. The first-order valence-electron chi connectivity index (χ1n) is 9.07. The van der Waals surface area contributed by atoms with E-state index in [2.05, 4.69) is 49.5 Å². The molecule has 3 atom stereocenters. The zero-order chi connectivity index (χ0) is 17.8. The first-order valence-corrected chi connectivity index (χ1v) is 9.07. The summed E-state index contributed by atoms with van der Waals surface area (Å²) in [6.45, 7) is 5.26. The van der Waals surface area contributed by atoms with Crippen LogP contribution in [0.25, 0.3) is 10.8 Å². The van der Waals surface area contributed by atoms with Gasteiger partial charge in [0.1, 0.15) is 0 Å². The summed E-state index contributed by atoms with van der Waals surface area (Å²) in [5.41, 5.74) is 1.22. The van der Waals surface area contributed by atoms with Crippen molar-refractivity contribution in [1.82, 2.24) is 5.32 Å². The van der Waals surface area contributed by atoms with E-state index < -0.39 is 6.10 Å². The van der Waals surface area contributed by atoms with E-state index in [1.807, 2.05) is 12.1 Å². The van der Waals surface area contributed by atoms with Gasteiger partial charge in [0.15, 0.2) is 0 Å². The smallest absolute Gasteiger partial charge is 0.223 e. The summed E-state index contributed by atoms with van der Waals surface area (Å²) in [5.74, 6) is 0.779. The zero-order valence-electron chi connectivity index (χ0n) is 14.9. The fourth-order valence-corrected chi connectivity index (χ4v) is 3.14. The fraction of sp³-hybridized carbons (Fsp3) is 0.476. The minimum Gasteiger partial charge on any atom is -0.389 e. The number of hydrogen-bond acceptors (Lipinski definition) is 3. The van der Waals surface area contributed by atoms with Crippen molar-refractivity contribution < 1.29 is 14.6 Å². The molecule has 0 saturated heterocycles. The Labute approximate surface area is 149 Å². The maximum Gasteiger partial charge on any atom is 0.223 e. The minimum atomic E-state index is -0.652. The molecule has 0 aliphatic heterocycles. The third-order valence-corrected chi connectivity index (χ3v) is 4.60. The van der Waals surface area contributed by atoms with E-state index in [0.717, 1.165) is 6.42 Å². The lowest BCUT2D eigenvalue weighted by Crippen LogP contribution is -2.35. The molecule has 1 fully saturated rings. The van der Waals surface area contributed by atoms with E-state index in [9.17, 15) is 9.90 Å². The second kappa shape index (κ2) is 7.98. The van der Waals surface area contributed by atoms with Gasteiger partial charge in [-0.3, -0.25) is 4.79 Å². The molecule has 1 amide bonds. The Morgan fingerprint density at radius 1 is 1.20 bits per heavy atom. The molecule has 2 aromatic carbocycles. The number of ether oxygens (including phenoxy) is 1. The van der Waals surface area contributed by atoms with Gasteiger partial charge in [0.25, 0.3) is 0 Å². The zero-order valence-corrected chi connectivity index (χ0v) is 14.9. The largest absolute Gasteiger partial charge is 0.389 e. The number of benzene rings is 2. The van der Waals surface area contributed by atoms with Crippen molar-refractivity contribution in [2.24, 2.45) is 11.8 Å². The van der Waals surface area contributed by atoms with E-state index in [1.165, 1.54) is 16.3 Å². The number of carbonyl (C=O) groups excluding carboxylic acids is 1. The predicted molar refractivity (Wildman–Crippen MR) is 99.5 cm³/mol. The number of amides is 1. The average molecular weight is 341 g/mol. The average Bonchev–Trinajstić information content (AvgIpc) is 3.40. The van der Waals surface area contributed by atoms with E-state index in [4.69, 9.17) is 4.74 Å². The van der Waals surface area contributed by atoms with Crippen molar-refractivity contribution in [3.63, 3.8) is 0 Å². The third-order valence-electron chi connectivity index (χ3n) is 4.60. The van der Waals surface area contributed by atoms with Crippen LogP contribution in [0, 0.1) is 11.8 Å². The molecule has 1 saturated carbocycles. The monoisotopic (exact) mass is 341 g/mol. The third kappa shape index (κ3) is 4.80. The molecule has 0 spiro atoms. The van der Waals surface area contributed by atoms with Crippen LogP contribution in [0.3, 0.4) is 0 Å². The van der Waals surface area contributed by atoms with Crippen molar-refractivity contribution in [3.05, 3.63) is 48.0 Å². The number of nitrogens with one attached hydrogen (secondary N) is 1. The van der Waals surface area contributed by atoms with Crippen LogP contribution in [0.15, 0.2) is 42.5 Å². The van der Waals surface area contributed by atoms with Gasteiger partial charge >= 0.3 is 0 Å². The summed E-state index contributed by atoms with van der Waals surface area (Å²) in [7, 11) is 0. The van der Waals surface area contributed by atoms with Gasteiger partial charge in [-0.15, -0.1) is 0 Å². The molecule has 2 N–H and O–H groups in total. The van der Waals surface area contributed by atoms with Gasteiger partial charge in [-0.05, 0) is 34.6 Å². The van der Waals surface area contributed by atoms with E-state index in [1.54, 1.807) is 0 Å². The highest BCUT2D eigenvalue weighted by atomic mass is 16.5. The molecular formula is C21H27NO3. The first-order chi connectivity index (χ1) is 12.0. The fourth-order valence-electron chi connectivity index (χ4n) is 3.14. The first kappa shape index (κ1) is 17.9. The molecule has 0 heterocycles. The molecule has 3 unspecified atom stereocenters. The number of carbonyl (C=O) groups is 1. The second-order valence-corrected chi connectivity index (χ2v) is 7.39. The number of aliphatic hydroxyl groups excluding tert-OH is 1. The Morgan fingerprint density at radius 3 is 2.72 bits per heavy atom. The quantitative estimate of drug-likeness (QED) is 0.776. The molecule has 0 radical (unpaired) electrons. The van der Waals surface area contributed by atoms with Gasteiger partial charge < -0.3 is 15.2 Å². The molecule has 25 heavy (non-hydrogen) atoms. The summed E-state index contributed by atoms with van der Waals surface area (Å²) >= 11 is 0. The van der Waals surface area contributed by atoms with Crippen LogP contribution < -0.4 is 5.32 Å². The maximum absolute atomic E-state index is 12.3. The Bertz CT molecular complexity index is 728. The Morgan fingerprint density at radius 2 is 1.96 bits per heavy atom. The minimum absolute atomic E-state index is 0.0185. The number of rotatable bonds is 8. The van der Waals surface area contributed by atoms with E-state index >= 15 is 0 Å². The van der Waals surface area contributed by atoms with Crippen LogP contribution in [0.4, 0.5) is 0 Å². The molecule has 1 aliphatic rings. The van der Waals surface area contributed by atoms with Gasteiger partial charge in [-0.25, -0.2) is 0 Å². The van der Waals surface area contributed by atoms with Crippen LogP contribution in [0.5, 0.6) is 0 Å². The van der Waals surface area contributed by atoms with Crippen molar-refractivity contribution in [1.29, 1.82) is 0 Å². The normalized spacial score (nSPS) is 20.6. The van der Waals surface area contributed by atoms with Crippen LogP contribution in [-0.4, -0.2) is 36.9 Å². The summed E-state index contributed by atoms with van der Waals surface area (Å²) in [5, 5.41) is 15.2. The summed E-state index contributed by atoms with van der Waals surface area (Å²) in [6.07, 6.45) is 0.227. The van der Waals surface area contributed by atoms with Crippen molar-refractivity contribution in [2.75, 3.05) is 19.8 Å². The maximum atomic E-state index is 12.3. The van der Waals surface area contributed by atoms with E-state index in [0.29, 0.717) is 18.4 Å². The van der Waals surface area contributed by atoms with E-state index in [-0.39, 0.29) is 25.0 Å². The van der Waals surface area contributed by atoms with Crippen molar-refractivity contribution >= 4 is 16.7 Å². The van der Waals surface area contributed by atoms with Gasteiger partial charge in [-0.2, -0.15) is 0 Å².